The van der Waals surface area contributed by atoms with Crippen LogP contribution in [0.1, 0.15) is 196 Å². The monoisotopic (exact) mass is 1140 g/mol. The van der Waals surface area contributed by atoms with Crippen LogP contribution in [-0.4, -0.2) is 96.0 Å². The summed E-state index contributed by atoms with van der Waals surface area (Å²) < 4.78 is 37.1. The van der Waals surface area contributed by atoms with E-state index < -0.39 is 23.6 Å². The number of nitrogens with zero attached hydrogens (tertiary/aromatic N) is 7. The minimum atomic E-state index is -0.643. The lowest BCUT2D eigenvalue weighted by Gasteiger charge is -2.34. The lowest BCUT2D eigenvalue weighted by Crippen LogP contribution is -2.54. The lowest BCUT2D eigenvalue weighted by molar-refractivity contribution is -0.135. The molecule has 14 heteroatoms. The first-order valence-electron chi connectivity index (χ1n) is 31.6. The van der Waals surface area contributed by atoms with E-state index in [0.717, 1.165) is 94.0 Å². The Morgan fingerprint density at radius 2 is 1.57 bits per heavy atom. The van der Waals surface area contributed by atoms with Crippen LogP contribution in [0.4, 0.5) is 26.0 Å². The zero-order valence-corrected chi connectivity index (χ0v) is 52.7. The Labute approximate surface area is 497 Å². The third kappa shape index (κ3) is 19.2. The van der Waals surface area contributed by atoms with Crippen molar-refractivity contribution in [3.8, 4) is 29.6 Å². The number of carbonyl (C=O) groups is 3. The Bertz CT molecular complexity index is 2910. The zero-order valence-electron chi connectivity index (χ0n) is 52.7. The molecule has 454 valence electrons. The first kappa shape index (κ1) is 67.6. The van der Waals surface area contributed by atoms with Crippen LogP contribution in [0.15, 0.2) is 54.7 Å². The largest absolute Gasteiger partial charge is 0.463 e. The van der Waals surface area contributed by atoms with Crippen molar-refractivity contribution in [1.82, 2.24) is 25.2 Å². The molecule has 0 radical (unpaired) electrons. The summed E-state index contributed by atoms with van der Waals surface area (Å²) in [6.45, 7) is 33.7. The second-order valence-electron chi connectivity index (χ2n) is 23.7. The van der Waals surface area contributed by atoms with Gasteiger partial charge in [0.1, 0.15) is 28.9 Å². The highest BCUT2D eigenvalue weighted by atomic mass is 19.1. The molecule has 2 saturated heterocycles. The number of imide groups is 1. The molecule has 1 aliphatic carbocycles. The molecule has 3 aromatic carbocycles. The Morgan fingerprint density at radius 3 is 2.14 bits per heavy atom. The fraction of sp³-hybridized carbons (Fsp3) is 0.594. The standard InChI is InChI=1S/C31H30F2N4O.C22H33N3O3.C11H25N.C5H12/c1-4-21-24(32)12-11-20-9-6-10-22(25(20)21)27-26(33)28-23(16-34-27)29(37-15-7-8-19(3)17-37)36-30(35-28)38-18-31(5-2)13-14-31;1-5-7-8-14-24(13-6-2)18-9-10-19(16(3)15-18)25(17(4)26)20-11-12-21(27)23-22(20)28;1-4-7-8-11-12(9-5-2)10-6-3;1-4-5(2)3/h1,6,9-12,16,19H,5,7-8,13-15,17-18H2,2-3H3;9-10,15,20H,5-8,11-14H2,1-4H3,(H,23,27,28);4-11H2,1-3H3;5H,4H2,1-3H3. The fourth-order valence-corrected chi connectivity index (χ4v) is 10.9. The number of piperidine rings is 2. The number of halogens is 2. The summed E-state index contributed by atoms with van der Waals surface area (Å²) in [6.07, 6.45) is 26.0. The predicted molar refractivity (Wildman–Crippen MR) is 340 cm³/mol. The van der Waals surface area contributed by atoms with Crippen molar-refractivity contribution in [2.75, 3.05) is 67.1 Å². The van der Waals surface area contributed by atoms with Crippen molar-refractivity contribution in [2.24, 2.45) is 17.3 Å². The Balaban J connectivity index is 0.000000245. The summed E-state index contributed by atoms with van der Waals surface area (Å²) >= 11 is 0. The van der Waals surface area contributed by atoms with Gasteiger partial charge in [-0.05, 0) is 144 Å². The molecular weight excluding hydrogens is 1040 g/mol. The van der Waals surface area contributed by atoms with E-state index in [-0.39, 0.29) is 46.4 Å². The summed E-state index contributed by atoms with van der Waals surface area (Å²) in [7, 11) is 0. The minimum Gasteiger partial charge on any atom is -0.463 e. The van der Waals surface area contributed by atoms with Crippen LogP contribution in [0.5, 0.6) is 6.01 Å². The Kier molecular flexibility index (Phi) is 27.6. The highest BCUT2D eigenvalue weighted by Crippen LogP contribution is 2.49. The number of aryl methyl sites for hydroxylation is 1. The van der Waals surface area contributed by atoms with Gasteiger partial charge in [-0.1, -0.05) is 132 Å². The van der Waals surface area contributed by atoms with E-state index in [1.165, 1.54) is 88.9 Å². The minimum absolute atomic E-state index is 0.0695. The van der Waals surface area contributed by atoms with Gasteiger partial charge in [0.2, 0.25) is 17.7 Å². The van der Waals surface area contributed by atoms with E-state index in [1.807, 2.05) is 25.1 Å². The molecule has 2 atom stereocenters. The van der Waals surface area contributed by atoms with Gasteiger partial charge in [0.25, 0.3) is 0 Å². The van der Waals surface area contributed by atoms with Gasteiger partial charge in [0, 0.05) is 73.5 Å². The number of pyridine rings is 1. The third-order valence-electron chi connectivity index (χ3n) is 16.4. The third-order valence-corrected chi connectivity index (χ3v) is 16.4. The van der Waals surface area contributed by atoms with Crippen LogP contribution >= 0.6 is 0 Å². The molecule has 83 heavy (non-hydrogen) atoms. The summed E-state index contributed by atoms with van der Waals surface area (Å²) in [6, 6.07) is 13.9. The highest BCUT2D eigenvalue weighted by Gasteiger charge is 2.42. The van der Waals surface area contributed by atoms with Gasteiger partial charge in [-0.25, -0.2) is 8.78 Å². The summed E-state index contributed by atoms with van der Waals surface area (Å²) in [5.41, 5.74) is 3.72. The molecule has 1 N–H and O–H groups in total. The maximum Gasteiger partial charge on any atom is 0.319 e. The van der Waals surface area contributed by atoms with Gasteiger partial charge in [0.15, 0.2) is 5.82 Å². The van der Waals surface area contributed by atoms with Gasteiger partial charge >= 0.3 is 6.01 Å². The van der Waals surface area contributed by atoms with Crippen LogP contribution in [0.25, 0.3) is 32.9 Å². The normalized spacial score (nSPS) is 16.3. The first-order valence-corrected chi connectivity index (χ1v) is 31.6. The van der Waals surface area contributed by atoms with E-state index in [9.17, 15) is 18.8 Å². The van der Waals surface area contributed by atoms with Crippen LogP contribution in [-0.2, 0) is 14.4 Å². The average molecular weight is 1140 g/mol. The molecule has 0 spiro atoms. The number of terminal acetylenes is 1. The predicted octanol–water partition coefficient (Wildman–Crippen LogP) is 15.8. The van der Waals surface area contributed by atoms with E-state index >= 15 is 4.39 Å². The number of unbranched alkanes of at least 4 members (excludes halogenated alkanes) is 4. The SMILES string of the molecule is C#Cc1c(F)ccc2cccc(-c3ncc4c(N5CCCC(C)C5)nc(OCC5(CC)CC5)nc4c3F)c12.CCC(C)C.CCCCCN(CCC)CCC.CCCCCN(CCC)c1ccc(N(C(C)=O)C2CCC(=O)NC2=O)c(C)c1. The molecule has 3 amide bonds. The van der Waals surface area contributed by atoms with Crippen molar-refractivity contribution in [3.05, 3.63) is 77.5 Å². The average Bonchev–Trinajstić information content (AvgIpc) is 3.58. The number of anilines is 3. The molecular formula is C69H100F2N8O4. The summed E-state index contributed by atoms with van der Waals surface area (Å²) in [5, 5.41) is 4.05. The number of benzene rings is 3. The molecule has 2 aliphatic heterocycles. The van der Waals surface area contributed by atoms with Gasteiger partial charge in [0.05, 0.1) is 17.6 Å². The number of carbonyl (C=O) groups excluding carboxylic acids is 3. The number of nitrogens with one attached hydrogen (secondary N) is 1. The van der Waals surface area contributed by atoms with Crippen molar-refractivity contribution in [1.29, 1.82) is 0 Å². The molecule has 0 bridgehead atoms. The number of aromatic nitrogens is 3. The molecule has 1 saturated carbocycles. The highest BCUT2D eigenvalue weighted by molar-refractivity contribution is 6.07. The fourth-order valence-electron chi connectivity index (χ4n) is 10.9. The Morgan fingerprint density at radius 1 is 0.880 bits per heavy atom. The number of rotatable bonds is 24. The van der Waals surface area contributed by atoms with Gasteiger partial charge in [-0.2, -0.15) is 9.97 Å². The molecule has 2 aromatic heterocycles. The van der Waals surface area contributed by atoms with Crippen LogP contribution in [0.2, 0.25) is 0 Å². The van der Waals surface area contributed by atoms with Gasteiger partial charge in [-0.3, -0.25) is 29.6 Å². The van der Waals surface area contributed by atoms with Gasteiger partial charge < -0.3 is 19.4 Å². The van der Waals surface area contributed by atoms with Crippen molar-refractivity contribution >= 4 is 56.6 Å². The van der Waals surface area contributed by atoms with E-state index in [0.29, 0.717) is 46.5 Å². The first-order chi connectivity index (χ1) is 39.9. The summed E-state index contributed by atoms with van der Waals surface area (Å²) in [5.74, 6) is 2.46. The second-order valence-corrected chi connectivity index (χ2v) is 23.7. The number of hydrogen-bond acceptors (Lipinski definition) is 10. The van der Waals surface area contributed by atoms with Crippen LogP contribution in [0, 0.1) is 48.2 Å². The van der Waals surface area contributed by atoms with E-state index in [2.05, 4.69) is 111 Å². The Hall–Kier alpha value is -6.20. The van der Waals surface area contributed by atoms with Crippen molar-refractivity contribution in [3.63, 3.8) is 0 Å². The van der Waals surface area contributed by atoms with Crippen LogP contribution < -0.4 is 24.8 Å². The molecule has 12 nitrogen and oxygen atoms in total. The lowest BCUT2D eigenvalue weighted by atomic mass is 9.96. The molecule has 8 rings (SSSR count). The van der Waals surface area contributed by atoms with Crippen molar-refractivity contribution < 1.29 is 27.9 Å². The maximum absolute atomic E-state index is 16.4. The molecule has 5 aromatic rings. The summed E-state index contributed by atoms with van der Waals surface area (Å²) in [4.78, 5) is 58.7. The second kappa shape index (κ2) is 33.9. The maximum atomic E-state index is 16.4. The number of amides is 3. The van der Waals surface area contributed by atoms with Gasteiger partial charge in [-0.15, -0.1) is 6.42 Å². The van der Waals surface area contributed by atoms with E-state index in [4.69, 9.17) is 16.1 Å². The molecule has 3 fully saturated rings. The molecule has 4 heterocycles. The van der Waals surface area contributed by atoms with Crippen molar-refractivity contribution in [2.45, 2.75) is 198 Å². The number of fused-ring (bicyclic) bond motifs is 2. The number of ether oxygens (including phenoxy) is 1. The zero-order chi connectivity index (χ0) is 60.6. The van der Waals surface area contributed by atoms with Crippen LogP contribution in [0.3, 0.4) is 0 Å². The van der Waals surface area contributed by atoms with E-state index in [1.54, 1.807) is 24.4 Å². The topological polar surface area (TPSA) is 124 Å². The quantitative estimate of drug-likeness (QED) is 0.0363. The smallest absolute Gasteiger partial charge is 0.319 e. The molecule has 2 unspecified atom stereocenters. The molecule has 3 aliphatic rings. The number of hydrogen-bond donors (Lipinski definition) is 1.